The van der Waals surface area contributed by atoms with Gasteiger partial charge >= 0.3 is 0 Å². The van der Waals surface area contributed by atoms with Crippen LogP contribution in [0.15, 0.2) is 59.5 Å². The molecular weight excluding hydrogens is 340 g/mol. The Hall–Kier alpha value is -2.38. The predicted octanol–water partition coefficient (Wildman–Crippen LogP) is 1.72. The third-order valence-corrected chi connectivity index (χ3v) is 5.09. The van der Waals surface area contributed by atoms with Gasteiger partial charge in [0.2, 0.25) is 10.0 Å². The lowest BCUT2D eigenvalue weighted by Crippen LogP contribution is -2.33. The van der Waals surface area contributed by atoms with Gasteiger partial charge in [0.05, 0.1) is 4.90 Å². The predicted molar refractivity (Wildman–Crippen MR) is 95.9 cm³/mol. The molecule has 2 aromatic rings. The van der Waals surface area contributed by atoms with E-state index in [0.717, 1.165) is 5.56 Å². The van der Waals surface area contributed by atoms with Crippen LogP contribution < -0.4 is 14.8 Å². The molecule has 0 fully saturated rings. The molecule has 0 bridgehead atoms. The van der Waals surface area contributed by atoms with Crippen molar-refractivity contribution in [2.45, 2.75) is 24.3 Å². The number of carbonyl (C=O) groups is 1. The van der Waals surface area contributed by atoms with Gasteiger partial charge in [-0.15, -0.1) is 0 Å². The Morgan fingerprint density at radius 2 is 1.72 bits per heavy atom. The topological polar surface area (TPSA) is 84.5 Å². The van der Waals surface area contributed by atoms with Crippen molar-refractivity contribution in [2.24, 2.45) is 0 Å². The van der Waals surface area contributed by atoms with E-state index in [1.807, 2.05) is 30.3 Å². The minimum Gasteiger partial charge on any atom is -0.481 e. The van der Waals surface area contributed by atoms with Gasteiger partial charge in [-0.3, -0.25) is 4.79 Å². The number of carbonyl (C=O) groups excluding carboxylic acids is 1. The lowest BCUT2D eigenvalue weighted by molar-refractivity contribution is -0.126. The largest absolute Gasteiger partial charge is 0.481 e. The molecule has 0 heterocycles. The van der Waals surface area contributed by atoms with Crippen molar-refractivity contribution in [3.8, 4) is 5.75 Å². The molecule has 0 spiro atoms. The molecule has 2 N–H and O–H groups in total. The summed E-state index contributed by atoms with van der Waals surface area (Å²) in [5.41, 5.74) is 1.07. The summed E-state index contributed by atoms with van der Waals surface area (Å²) in [7, 11) is -2.05. The molecule has 0 aliphatic heterocycles. The van der Waals surface area contributed by atoms with E-state index < -0.39 is 16.1 Å². The highest BCUT2D eigenvalue weighted by atomic mass is 32.2. The average molecular weight is 362 g/mol. The number of amides is 1. The standard InChI is InChI=1S/C18H22N2O4S/c1-14(18(21)19-2)24-16-8-10-17(11-9-16)25(22,23)20-13-12-15-6-4-3-5-7-15/h3-11,14,20H,12-13H2,1-2H3,(H,19,21)/t14-/m1/s1. The first-order valence-corrected chi connectivity index (χ1v) is 9.42. The smallest absolute Gasteiger partial charge is 0.260 e. The molecule has 0 aliphatic carbocycles. The first-order chi connectivity index (χ1) is 11.9. The summed E-state index contributed by atoms with van der Waals surface area (Å²) in [5, 5.41) is 2.49. The summed E-state index contributed by atoms with van der Waals surface area (Å²) in [6.45, 7) is 1.94. The minimum atomic E-state index is -3.58. The van der Waals surface area contributed by atoms with Crippen LogP contribution in [0.2, 0.25) is 0 Å². The second-order valence-corrected chi connectivity index (χ2v) is 7.25. The van der Waals surface area contributed by atoms with Crippen LogP contribution >= 0.6 is 0 Å². The maximum absolute atomic E-state index is 12.3. The van der Waals surface area contributed by atoms with E-state index in [0.29, 0.717) is 18.7 Å². The molecule has 25 heavy (non-hydrogen) atoms. The van der Waals surface area contributed by atoms with Gasteiger partial charge in [-0.1, -0.05) is 30.3 Å². The van der Waals surface area contributed by atoms with Crippen molar-refractivity contribution in [1.29, 1.82) is 0 Å². The van der Waals surface area contributed by atoms with Crippen LogP contribution in [-0.2, 0) is 21.2 Å². The fourth-order valence-electron chi connectivity index (χ4n) is 2.22. The van der Waals surface area contributed by atoms with Crippen LogP contribution in [-0.4, -0.2) is 34.0 Å². The quantitative estimate of drug-likeness (QED) is 0.749. The Kier molecular flexibility index (Phi) is 6.55. The van der Waals surface area contributed by atoms with E-state index in [1.54, 1.807) is 6.92 Å². The highest BCUT2D eigenvalue weighted by molar-refractivity contribution is 7.89. The summed E-state index contributed by atoms with van der Waals surface area (Å²) in [4.78, 5) is 11.6. The molecule has 0 aliphatic rings. The van der Waals surface area contributed by atoms with Gasteiger partial charge < -0.3 is 10.1 Å². The number of ether oxygens (including phenoxy) is 1. The van der Waals surface area contributed by atoms with Crippen LogP contribution in [0.5, 0.6) is 5.75 Å². The van der Waals surface area contributed by atoms with Crippen LogP contribution in [0.4, 0.5) is 0 Å². The van der Waals surface area contributed by atoms with Crippen LogP contribution in [0, 0.1) is 0 Å². The van der Waals surface area contributed by atoms with Crippen molar-refractivity contribution in [3.63, 3.8) is 0 Å². The molecule has 0 radical (unpaired) electrons. The zero-order valence-electron chi connectivity index (χ0n) is 14.2. The number of likely N-dealkylation sites (N-methyl/N-ethyl adjacent to an activating group) is 1. The number of rotatable bonds is 8. The van der Waals surface area contributed by atoms with Gasteiger partial charge in [-0.2, -0.15) is 0 Å². The van der Waals surface area contributed by atoms with Gasteiger partial charge in [-0.05, 0) is 43.2 Å². The van der Waals surface area contributed by atoms with Crippen LogP contribution in [0.25, 0.3) is 0 Å². The molecule has 1 amide bonds. The fraction of sp³-hybridized carbons (Fsp3) is 0.278. The first kappa shape index (κ1) is 19.0. The van der Waals surface area contributed by atoms with Crippen molar-refractivity contribution in [3.05, 3.63) is 60.2 Å². The molecule has 0 saturated carbocycles. The van der Waals surface area contributed by atoms with Crippen molar-refractivity contribution in [2.75, 3.05) is 13.6 Å². The van der Waals surface area contributed by atoms with Gasteiger partial charge in [0.15, 0.2) is 6.10 Å². The van der Waals surface area contributed by atoms with Gasteiger partial charge in [0.1, 0.15) is 5.75 Å². The monoisotopic (exact) mass is 362 g/mol. The molecule has 2 rings (SSSR count). The molecule has 134 valence electrons. The zero-order chi connectivity index (χ0) is 18.3. The maximum atomic E-state index is 12.3. The summed E-state index contributed by atoms with van der Waals surface area (Å²) in [6.07, 6.45) is -0.0401. The van der Waals surface area contributed by atoms with E-state index in [1.165, 1.54) is 31.3 Å². The number of nitrogens with one attached hydrogen (secondary N) is 2. The Morgan fingerprint density at radius 3 is 2.32 bits per heavy atom. The number of benzene rings is 2. The molecule has 1 atom stereocenters. The number of hydrogen-bond acceptors (Lipinski definition) is 4. The summed E-state index contributed by atoms with van der Waals surface area (Å²) in [6, 6.07) is 15.6. The van der Waals surface area contributed by atoms with Gasteiger partial charge in [0.25, 0.3) is 5.91 Å². The highest BCUT2D eigenvalue weighted by Crippen LogP contribution is 2.17. The van der Waals surface area contributed by atoms with Gasteiger partial charge in [0, 0.05) is 13.6 Å². The van der Waals surface area contributed by atoms with E-state index >= 15 is 0 Å². The summed E-state index contributed by atoms with van der Waals surface area (Å²) >= 11 is 0. The van der Waals surface area contributed by atoms with Gasteiger partial charge in [-0.25, -0.2) is 13.1 Å². The third kappa shape index (κ3) is 5.58. The van der Waals surface area contributed by atoms with E-state index in [-0.39, 0.29) is 10.8 Å². The molecule has 2 aromatic carbocycles. The Balaban J connectivity index is 1.94. The molecule has 7 heteroatoms. The normalized spacial score (nSPS) is 12.4. The second kappa shape index (κ2) is 8.64. The molecule has 0 unspecified atom stereocenters. The second-order valence-electron chi connectivity index (χ2n) is 5.48. The average Bonchev–Trinajstić information content (AvgIpc) is 2.62. The fourth-order valence-corrected chi connectivity index (χ4v) is 3.25. The Bertz CT molecular complexity index is 790. The van der Waals surface area contributed by atoms with Crippen molar-refractivity contribution < 1.29 is 17.9 Å². The van der Waals surface area contributed by atoms with E-state index in [2.05, 4.69) is 10.0 Å². The Morgan fingerprint density at radius 1 is 1.08 bits per heavy atom. The third-order valence-electron chi connectivity index (χ3n) is 3.61. The maximum Gasteiger partial charge on any atom is 0.260 e. The lowest BCUT2D eigenvalue weighted by atomic mass is 10.2. The van der Waals surface area contributed by atoms with Crippen molar-refractivity contribution >= 4 is 15.9 Å². The molecular formula is C18H22N2O4S. The van der Waals surface area contributed by atoms with Crippen molar-refractivity contribution in [1.82, 2.24) is 10.0 Å². The van der Waals surface area contributed by atoms with E-state index in [4.69, 9.17) is 4.74 Å². The highest BCUT2D eigenvalue weighted by Gasteiger charge is 2.15. The first-order valence-electron chi connectivity index (χ1n) is 7.94. The minimum absolute atomic E-state index is 0.153. The zero-order valence-corrected chi connectivity index (χ0v) is 15.0. The number of hydrogen-bond donors (Lipinski definition) is 2. The summed E-state index contributed by atoms with van der Waals surface area (Å²) < 4.78 is 32.6. The summed E-state index contributed by atoms with van der Waals surface area (Å²) in [5.74, 6) is 0.179. The molecule has 6 nitrogen and oxygen atoms in total. The molecule has 0 saturated heterocycles. The van der Waals surface area contributed by atoms with Crippen LogP contribution in [0.3, 0.4) is 0 Å². The van der Waals surface area contributed by atoms with E-state index in [9.17, 15) is 13.2 Å². The lowest BCUT2D eigenvalue weighted by Gasteiger charge is -2.13. The Labute approximate surface area is 148 Å². The SMILES string of the molecule is CNC(=O)[C@@H](C)Oc1ccc(S(=O)(=O)NCCc2ccccc2)cc1. The van der Waals surface area contributed by atoms with Crippen LogP contribution in [0.1, 0.15) is 12.5 Å². The number of sulfonamides is 1. The molecule has 0 aromatic heterocycles.